The van der Waals surface area contributed by atoms with E-state index in [-0.39, 0.29) is 11.8 Å². The highest BCUT2D eigenvalue weighted by molar-refractivity contribution is 6.33. The summed E-state index contributed by atoms with van der Waals surface area (Å²) >= 11 is 6.64. The number of carbonyl (C=O) groups is 1. The molecule has 1 amide bonds. The third-order valence-electron chi connectivity index (χ3n) is 5.77. The highest BCUT2D eigenvalue weighted by atomic mass is 35.5. The zero-order chi connectivity index (χ0) is 19.8. The highest BCUT2D eigenvalue weighted by Gasteiger charge is 2.34. The summed E-state index contributed by atoms with van der Waals surface area (Å²) in [6, 6.07) is 4.02. The number of nitrogens with zero attached hydrogens (tertiary/aromatic N) is 3. The number of hydrogen-bond donors (Lipinski definition) is 1. The minimum absolute atomic E-state index is 0.0296. The van der Waals surface area contributed by atoms with E-state index >= 15 is 0 Å². The van der Waals surface area contributed by atoms with Gasteiger partial charge in [0.2, 0.25) is 5.91 Å². The van der Waals surface area contributed by atoms with E-state index in [4.69, 9.17) is 21.1 Å². The van der Waals surface area contributed by atoms with Gasteiger partial charge in [0.15, 0.2) is 11.5 Å². The van der Waals surface area contributed by atoms with E-state index in [9.17, 15) is 4.79 Å². The Bertz CT molecular complexity index is 890. The van der Waals surface area contributed by atoms with Gasteiger partial charge in [0.1, 0.15) is 5.82 Å². The average Bonchev–Trinajstić information content (AvgIpc) is 3.11. The molecule has 1 aromatic heterocycles. The molecule has 0 unspecified atom stereocenters. The molecule has 1 N–H and O–H groups in total. The van der Waals surface area contributed by atoms with Gasteiger partial charge in [-0.3, -0.25) is 4.79 Å². The lowest BCUT2D eigenvalue weighted by atomic mass is 9.87. The van der Waals surface area contributed by atoms with Gasteiger partial charge >= 0.3 is 0 Å². The van der Waals surface area contributed by atoms with Crippen LogP contribution in [-0.4, -0.2) is 54.9 Å². The Kier molecular flexibility index (Phi) is 5.21. The Hall–Kier alpha value is -2.25. The van der Waals surface area contributed by atoms with Crippen molar-refractivity contribution in [3.05, 3.63) is 34.5 Å². The fourth-order valence-electron chi connectivity index (χ4n) is 4.21. The Morgan fingerprint density at radius 1 is 1.18 bits per heavy atom. The Morgan fingerprint density at radius 2 is 1.93 bits per heavy atom. The van der Waals surface area contributed by atoms with Crippen molar-refractivity contribution in [2.75, 3.05) is 39.7 Å². The second-order valence-electron chi connectivity index (χ2n) is 7.44. The van der Waals surface area contributed by atoms with Gasteiger partial charge in [-0.15, -0.1) is 0 Å². The number of piperidine rings is 1. The fraction of sp³-hybridized carbons (Fsp3) is 0.500. The largest absolute Gasteiger partial charge is 0.493 e. The summed E-state index contributed by atoms with van der Waals surface area (Å²) in [5, 5.41) is 8.16. The molecule has 0 saturated carbocycles. The molecule has 1 atom stereocenters. The van der Waals surface area contributed by atoms with Crippen molar-refractivity contribution in [2.24, 2.45) is 0 Å². The molecule has 8 heteroatoms. The third kappa shape index (κ3) is 3.22. The monoisotopic (exact) mass is 404 g/mol. The van der Waals surface area contributed by atoms with Crippen LogP contribution in [0.25, 0.3) is 0 Å². The lowest BCUT2D eigenvalue weighted by molar-refractivity contribution is -0.116. The second-order valence-corrected chi connectivity index (χ2v) is 7.81. The van der Waals surface area contributed by atoms with Gasteiger partial charge in [-0.05, 0) is 44.6 Å². The topological polar surface area (TPSA) is 68.6 Å². The maximum absolute atomic E-state index is 12.5. The number of likely N-dealkylation sites (tertiary alicyclic amines) is 1. The maximum Gasteiger partial charge on any atom is 0.226 e. The van der Waals surface area contributed by atoms with Crippen LogP contribution in [0.4, 0.5) is 5.82 Å². The van der Waals surface area contributed by atoms with Crippen LogP contribution in [0.1, 0.15) is 42.3 Å². The summed E-state index contributed by atoms with van der Waals surface area (Å²) in [6.45, 7) is 2.05. The number of fused-ring (bicyclic) bond motifs is 1. The van der Waals surface area contributed by atoms with Gasteiger partial charge in [-0.25, -0.2) is 4.68 Å². The van der Waals surface area contributed by atoms with E-state index in [1.54, 1.807) is 14.2 Å². The fourth-order valence-corrected chi connectivity index (χ4v) is 4.57. The van der Waals surface area contributed by atoms with Gasteiger partial charge in [-0.1, -0.05) is 17.7 Å². The number of anilines is 1. The predicted octanol–water partition coefficient (Wildman–Crippen LogP) is 3.29. The molecule has 28 heavy (non-hydrogen) atoms. The number of nitrogens with one attached hydrogen (secondary N) is 1. The van der Waals surface area contributed by atoms with Gasteiger partial charge in [0, 0.05) is 17.9 Å². The lowest BCUT2D eigenvalue weighted by Crippen LogP contribution is -2.33. The first-order valence-corrected chi connectivity index (χ1v) is 9.87. The zero-order valence-electron chi connectivity index (χ0n) is 16.4. The Morgan fingerprint density at radius 3 is 2.61 bits per heavy atom. The first-order chi connectivity index (χ1) is 13.5. The van der Waals surface area contributed by atoms with Crippen LogP contribution >= 0.6 is 11.6 Å². The smallest absolute Gasteiger partial charge is 0.226 e. The van der Waals surface area contributed by atoms with E-state index < -0.39 is 0 Å². The number of methoxy groups -OCH3 is 2. The van der Waals surface area contributed by atoms with Gasteiger partial charge in [0.05, 0.1) is 31.5 Å². The summed E-state index contributed by atoms with van der Waals surface area (Å²) in [5.41, 5.74) is 1.84. The number of ether oxygens (including phenoxy) is 2. The molecule has 150 valence electrons. The number of hydrogen-bond acceptors (Lipinski definition) is 5. The van der Waals surface area contributed by atoms with Crippen LogP contribution in [0, 0.1) is 0 Å². The molecule has 2 aromatic rings. The molecule has 3 heterocycles. The van der Waals surface area contributed by atoms with Crippen molar-refractivity contribution in [3.8, 4) is 11.5 Å². The SMILES string of the molecule is COc1ccc([C@@H]2CC(=O)Nc3c2cnn3C2CCN(C)CC2)c(Cl)c1OC. The summed E-state index contributed by atoms with van der Waals surface area (Å²) in [5.74, 6) is 1.64. The molecule has 1 fully saturated rings. The van der Waals surface area contributed by atoms with E-state index in [0.29, 0.717) is 29.0 Å². The first-order valence-electron chi connectivity index (χ1n) is 9.49. The van der Waals surface area contributed by atoms with Gasteiger partial charge < -0.3 is 19.7 Å². The van der Waals surface area contributed by atoms with E-state index in [2.05, 4.69) is 22.4 Å². The molecule has 0 radical (unpaired) electrons. The molecular weight excluding hydrogens is 380 g/mol. The maximum atomic E-state index is 12.5. The number of halogens is 1. The Labute approximate surface area is 169 Å². The quantitative estimate of drug-likeness (QED) is 0.846. The van der Waals surface area contributed by atoms with Gasteiger partial charge in [0.25, 0.3) is 0 Å². The summed E-state index contributed by atoms with van der Waals surface area (Å²) in [6.07, 6.45) is 4.22. The van der Waals surface area contributed by atoms with Crippen molar-refractivity contribution in [1.82, 2.24) is 14.7 Å². The summed E-state index contributed by atoms with van der Waals surface area (Å²) < 4.78 is 12.8. The number of aromatic nitrogens is 2. The normalized spacial score (nSPS) is 20.6. The molecule has 2 aliphatic heterocycles. The van der Waals surface area contributed by atoms with Crippen molar-refractivity contribution >= 4 is 23.3 Å². The van der Waals surface area contributed by atoms with Gasteiger partial charge in [-0.2, -0.15) is 5.10 Å². The molecule has 1 aromatic carbocycles. The van der Waals surface area contributed by atoms with Crippen LogP contribution in [0.5, 0.6) is 11.5 Å². The van der Waals surface area contributed by atoms with Crippen molar-refractivity contribution < 1.29 is 14.3 Å². The second kappa shape index (κ2) is 7.64. The van der Waals surface area contributed by atoms with E-state index in [1.165, 1.54) is 0 Å². The Balaban J connectivity index is 1.73. The summed E-state index contributed by atoms with van der Waals surface area (Å²) in [4.78, 5) is 14.8. The first kappa shape index (κ1) is 19.1. The van der Waals surface area contributed by atoms with Crippen molar-refractivity contribution in [1.29, 1.82) is 0 Å². The lowest BCUT2D eigenvalue weighted by Gasteiger charge is -2.31. The summed E-state index contributed by atoms with van der Waals surface area (Å²) in [7, 11) is 5.27. The van der Waals surface area contributed by atoms with Crippen LogP contribution in [0.2, 0.25) is 5.02 Å². The highest BCUT2D eigenvalue weighted by Crippen LogP contribution is 2.46. The average molecular weight is 405 g/mol. The molecule has 0 bridgehead atoms. The molecule has 1 saturated heterocycles. The van der Waals surface area contributed by atoms with Crippen molar-refractivity contribution in [2.45, 2.75) is 31.2 Å². The number of carbonyl (C=O) groups excluding carboxylic acids is 1. The molecular formula is C20H25ClN4O3. The standard InChI is InChI=1S/C20H25ClN4O3/c1-24-8-6-12(7-9-24)25-20-15(11-22-25)14(10-17(26)23-20)13-4-5-16(27-2)19(28-3)18(13)21/h4-5,11-12,14H,6-10H2,1-3H3,(H,23,26)/t14-/m0/s1. The van der Waals surface area contributed by atoms with Crippen LogP contribution in [-0.2, 0) is 4.79 Å². The zero-order valence-corrected chi connectivity index (χ0v) is 17.1. The van der Waals surface area contributed by atoms with E-state index in [0.717, 1.165) is 42.9 Å². The molecule has 2 aliphatic rings. The van der Waals surface area contributed by atoms with Crippen LogP contribution in [0.3, 0.4) is 0 Å². The molecule has 4 rings (SSSR count). The minimum atomic E-state index is -0.170. The number of amides is 1. The van der Waals surface area contributed by atoms with E-state index in [1.807, 2.05) is 23.0 Å². The minimum Gasteiger partial charge on any atom is -0.493 e. The van der Waals surface area contributed by atoms with Crippen LogP contribution in [0.15, 0.2) is 18.3 Å². The molecule has 7 nitrogen and oxygen atoms in total. The van der Waals surface area contributed by atoms with Crippen LogP contribution < -0.4 is 14.8 Å². The third-order valence-corrected chi connectivity index (χ3v) is 6.16. The molecule has 0 spiro atoms. The predicted molar refractivity (Wildman–Crippen MR) is 108 cm³/mol. The van der Waals surface area contributed by atoms with Crippen molar-refractivity contribution in [3.63, 3.8) is 0 Å². The number of rotatable bonds is 4. The molecule has 0 aliphatic carbocycles. The number of benzene rings is 1.